The van der Waals surface area contributed by atoms with Crippen molar-refractivity contribution in [3.63, 3.8) is 0 Å². The number of aryl methyl sites for hydroxylation is 6. The molecular formula is C98H161N23O2. The molecule has 11 heterocycles. The zero-order valence-corrected chi connectivity index (χ0v) is 76.2. The molecule has 11 aliphatic heterocycles. The van der Waals surface area contributed by atoms with E-state index in [-0.39, 0.29) is 0 Å². The number of rotatable bonds is 30. The number of likely N-dealkylation sites (tertiary alicyclic amines) is 2. The predicted molar refractivity (Wildman–Crippen MR) is 523 cm³/mol. The number of benzene rings is 6. The van der Waals surface area contributed by atoms with Gasteiger partial charge < -0.3 is 114 Å². The summed E-state index contributed by atoms with van der Waals surface area (Å²) in [5.41, 5.74) is 57.6. The number of morpholine rings is 2. The van der Waals surface area contributed by atoms with E-state index in [1.807, 2.05) is 36.4 Å². The molecule has 0 bridgehead atoms. The topological polar surface area (TPSA) is 265 Å². The molecule has 0 radical (unpaired) electrons. The Morgan fingerprint density at radius 1 is 0.252 bits per heavy atom. The Bertz CT molecular complexity index is 3900. The lowest BCUT2D eigenvalue weighted by molar-refractivity contribution is 0.0385. The normalized spacial score (nSPS) is 18.9. The molecule has 25 heteroatoms. The van der Waals surface area contributed by atoms with Crippen LogP contribution in [0.3, 0.4) is 0 Å². The summed E-state index contributed by atoms with van der Waals surface area (Å²) in [6.45, 7) is 46.6. The Hall–Kier alpha value is -7.60. The Labute approximate surface area is 741 Å². The number of fused-ring (bicyclic) bond motifs is 6. The van der Waals surface area contributed by atoms with Gasteiger partial charge in [-0.05, 0) is 256 Å². The van der Waals surface area contributed by atoms with E-state index in [0.717, 1.165) is 244 Å². The lowest BCUT2D eigenvalue weighted by Crippen LogP contribution is -2.47. The summed E-state index contributed by atoms with van der Waals surface area (Å²) < 4.78 is 10.8. The Kier molecular flexibility index (Phi) is 39.9. The second kappa shape index (κ2) is 51.9. The molecule has 0 amide bonds. The maximum atomic E-state index is 5.96. The third-order valence-corrected chi connectivity index (χ3v) is 26.6. The van der Waals surface area contributed by atoms with Gasteiger partial charge in [0, 0.05) is 291 Å². The minimum atomic E-state index is 0.867. The van der Waals surface area contributed by atoms with Crippen LogP contribution in [0.2, 0.25) is 0 Å². The van der Waals surface area contributed by atoms with Crippen molar-refractivity contribution in [2.24, 2.45) is 0 Å². The number of piperidine rings is 1. The van der Waals surface area contributed by atoms with E-state index in [0.29, 0.717) is 0 Å². The van der Waals surface area contributed by atoms with Crippen LogP contribution in [0.15, 0.2) is 109 Å². The standard InChI is InChI=1S/C18H31N5.C18H30N4.C17H28N4O.C17H28N4.C15H23N3O.C13H21N3/c1-21-11-13-22(14-12-21)9-6-20-7-10-23-8-2-3-16-4-5-17(19)15-18(16)23;19-17-7-6-16-5-4-12-22(18(16)15-17)14-9-20-8-13-21-10-2-1-3-11-21;18-16-4-3-15-2-1-7-21(17(15)14-16)9-6-19-5-8-20-10-12-22-13-11-20;18-16-6-5-15-4-3-11-21(17(15)14-16)13-8-19-7-12-20-9-1-2-10-20;16-14-4-3-13-2-1-5-18(15(13)12-14)7-6-17-8-10-19-11-9-17;1-15(2)8-9-16-7-3-4-11-5-6-12(14)10-13(11)16/h4-5,15,20H,2-3,6-14,19H2,1H3;6-7,15,20H,1-5,8-14,19H2;3-4,14,19H,1-2,5-13,18H2;5-6,14,19H,1-4,7-13,18H2;3-4,12H,1-2,5-11,16H2;5-6,10H,3-4,7-9,14H2,1-2H3. The number of ether oxygens (including phenoxy) is 2. The first kappa shape index (κ1) is 94.5. The molecule has 0 atom stereocenters. The van der Waals surface area contributed by atoms with Gasteiger partial charge in [-0.2, -0.15) is 0 Å². The molecule has 11 aliphatic rings. The van der Waals surface area contributed by atoms with Crippen molar-refractivity contribution >= 4 is 68.2 Å². The van der Waals surface area contributed by atoms with Crippen LogP contribution >= 0.6 is 0 Å². The van der Waals surface area contributed by atoms with Gasteiger partial charge in [-0.25, -0.2) is 0 Å². The van der Waals surface area contributed by atoms with Crippen molar-refractivity contribution in [2.75, 3.05) is 360 Å². The third-order valence-electron chi connectivity index (χ3n) is 26.6. The Morgan fingerprint density at radius 3 is 0.772 bits per heavy atom. The molecule has 17 rings (SSSR count). The van der Waals surface area contributed by atoms with E-state index in [2.05, 4.69) is 179 Å². The minimum absolute atomic E-state index is 0.867. The minimum Gasteiger partial charge on any atom is -0.399 e. The second-order valence-electron chi connectivity index (χ2n) is 36.2. The van der Waals surface area contributed by atoms with Gasteiger partial charge >= 0.3 is 0 Å². The Morgan fingerprint density at radius 2 is 0.488 bits per heavy atom. The highest BCUT2D eigenvalue weighted by Crippen LogP contribution is 2.35. The molecule has 0 saturated carbocycles. The number of nitrogens with one attached hydrogen (secondary N) is 4. The maximum Gasteiger partial charge on any atom is 0.0594 e. The molecule has 5 saturated heterocycles. The second-order valence-corrected chi connectivity index (χ2v) is 36.2. The Balaban J connectivity index is 0.000000135. The van der Waals surface area contributed by atoms with Crippen LogP contribution in [0.5, 0.6) is 0 Å². The molecule has 6 aromatic rings. The lowest BCUT2D eigenvalue weighted by Gasteiger charge is -2.34. The van der Waals surface area contributed by atoms with Crippen molar-refractivity contribution in [3.8, 4) is 0 Å². The van der Waals surface area contributed by atoms with Crippen LogP contribution in [0.4, 0.5) is 68.2 Å². The largest absolute Gasteiger partial charge is 0.399 e. The molecule has 5 fully saturated rings. The number of anilines is 12. The van der Waals surface area contributed by atoms with Crippen molar-refractivity contribution in [1.82, 2.24) is 55.6 Å². The highest BCUT2D eigenvalue weighted by atomic mass is 16.5. The molecule has 16 N–H and O–H groups in total. The molecule has 123 heavy (non-hydrogen) atoms. The lowest BCUT2D eigenvalue weighted by atomic mass is 10.0. The first-order valence-electron chi connectivity index (χ1n) is 47.9. The summed E-state index contributed by atoms with van der Waals surface area (Å²) in [5, 5.41) is 14.4. The smallest absolute Gasteiger partial charge is 0.0594 e. The summed E-state index contributed by atoms with van der Waals surface area (Å²) in [4.78, 5) is 32.2. The van der Waals surface area contributed by atoms with E-state index in [1.54, 1.807) is 0 Å². The number of piperazine rings is 1. The first-order valence-corrected chi connectivity index (χ1v) is 47.9. The van der Waals surface area contributed by atoms with Crippen molar-refractivity contribution in [2.45, 2.75) is 109 Å². The summed E-state index contributed by atoms with van der Waals surface area (Å²) in [6.07, 6.45) is 21.6. The van der Waals surface area contributed by atoms with Gasteiger partial charge in [0.1, 0.15) is 0 Å². The number of hydrogen-bond donors (Lipinski definition) is 10. The molecule has 6 aromatic carbocycles. The van der Waals surface area contributed by atoms with Crippen LogP contribution in [0.1, 0.15) is 104 Å². The summed E-state index contributed by atoms with van der Waals surface area (Å²) in [6, 6.07) is 38.0. The predicted octanol–water partition coefficient (Wildman–Crippen LogP) is 8.54. The molecule has 0 aromatic heterocycles. The zero-order valence-electron chi connectivity index (χ0n) is 76.2. The van der Waals surface area contributed by atoms with E-state index < -0.39 is 0 Å². The molecule has 0 unspecified atom stereocenters. The molecular weight excluding hydrogens is 1530 g/mol. The molecule has 0 spiro atoms. The van der Waals surface area contributed by atoms with Gasteiger partial charge in [-0.3, -0.25) is 14.7 Å². The summed E-state index contributed by atoms with van der Waals surface area (Å²) >= 11 is 0. The van der Waals surface area contributed by atoms with Gasteiger partial charge in [-0.15, -0.1) is 0 Å². The highest BCUT2D eigenvalue weighted by molar-refractivity contribution is 5.67. The van der Waals surface area contributed by atoms with Gasteiger partial charge in [0.15, 0.2) is 0 Å². The number of nitrogen functional groups attached to an aromatic ring is 6. The van der Waals surface area contributed by atoms with Gasteiger partial charge in [0.25, 0.3) is 0 Å². The number of hydrogen-bond acceptors (Lipinski definition) is 25. The quantitative estimate of drug-likeness (QED) is 0.0150. The fraction of sp³-hybridized carbons (Fsp3) is 0.633. The van der Waals surface area contributed by atoms with Crippen molar-refractivity contribution in [3.05, 3.63) is 143 Å². The van der Waals surface area contributed by atoms with E-state index in [1.165, 1.54) is 242 Å². The van der Waals surface area contributed by atoms with E-state index >= 15 is 0 Å². The maximum absolute atomic E-state index is 5.96. The van der Waals surface area contributed by atoms with Crippen molar-refractivity contribution in [1.29, 1.82) is 0 Å². The van der Waals surface area contributed by atoms with Crippen LogP contribution in [-0.4, -0.2) is 331 Å². The van der Waals surface area contributed by atoms with Gasteiger partial charge in [-0.1, -0.05) is 42.8 Å². The molecule has 0 aliphatic carbocycles. The average Bonchev–Trinajstić information content (AvgIpc) is 0.894. The van der Waals surface area contributed by atoms with Crippen LogP contribution in [0.25, 0.3) is 0 Å². The SMILES string of the molecule is CN(C)CCN1CCCc2ccc(N)cc21.CN1CCN(CCNCCN2CCCc3ccc(N)cc32)CC1.Nc1ccc2c(c1)N(CCN1CCOCC1)CCC2.Nc1ccc2c(c1)N(CCNCCN1CCCC1)CCC2.Nc1ccc2c(c1)N(CCNCCN1CCCCC1)CCC2.Nc1ccc2c(c1)N(CCNCCN1CCOCC1)CCC2. The summed E-state index contributed by atoms with van der Waals surface area (Å²) in [5.74, 6) is 0. The monoisotopic (exact) mass is 1690 g/mol. The number of likely N-dealkylation sites (N-methyl/N-ethyl adjacent to an activating group) is 2. The number of nitrogens with two attached hydrogens (primary N) is 6. The van der Waals surface area contributed by atoms with Crippen LogP contribution < -0.4 is 85.1 Å². The third kappa shape index (κ3) is 31.7. The number of nitrogens with zero attached hydrogens (tertiary/aromatic N) is 13. The van der Waals surface area contributed by atoms with Crippen molar-refractivity contribution < 1.29 is 9.47 Å². The fourth-order valence-corrected chi connectivity index (χ4v) is 19.2. The first-order chi connectivity index (χ1) is 60.2. The van der Waals surface area contributed by atoms with E-state index in [4.69, 9.17) is 43.9 Å². The fourth-order valence-electron chi connectivity index (χ4n) is 19.2. The van der Waals surface area contributed by atoms with E-state index in [9.17, 15) is 0 Å². The molecule has 25 nitrogen and oxygen atoms in total. The highest BCUT2D eigenvalue weighted by Gasteiger charge is 2.25. The van der Waals surface area contributed by atoms with Crippen LogP contribution in [0, 0.1) is 0 Å². The average molecular weight is 1690 g/mol. The van der Waals surface area contributed by atoms with Gasteiger partial charge in [0.05, 0.1) is 26.4 Å². The summed E-state index contributed by atoms with van der Waals surface area (Å²) in [7, 11) is 6.44. The zero-order chi connectivity index (χ0) is 85.6. The molecule has 680 valence electrons. The van der Waals surface area contributed by atoms with Crippen LogP contribution in [-0.2, 0) is 48.0 Å². The van der Waals surface area contributed by atoms with Gasteiger partial charge in [0.2, 0.25) is 0 Å².